The molecule has 4 nitrogen and oxygen atoms in total. The third kappa shape index (κ3) is 5.87. The van der Waals surface area contributed by atoms with E-state index < -0.39 is 0 Å². The highest BCUT2D eigenvalue weighted by molar-refractivity contribution is 8.00. The molecule has 1 saturated carbocycles. The van der Waals surface area contributed by atoms with Crippen molar-refractivity contribution in [2.75, 3.05) is 32.5 Å². The van der Waals surface area contributed by atoms with Gasteiger partial charge in [0.05, 0.1) is 12.9 Å². The largest absolute Gasteiger partial charge is 0.497 e. The van der Waals surface area contributed by atoms with Crippen LogP contribution in [-0.2, 0) is 4.79 Å². The van der Waals surface area contributed by atoms with Crippen molar-refractivity contribution >= 4 is 30.1 Å². The molecule has 1 heterocycles. The molecule has 1 amide bonds. The molecule has 0 atom stereocenters. The summed E-state index contributed by atoms with van der Waals surface area (Å²) in [4.78, 5) is 15.5. The molecule has 1 saturated heterocycles. The van der Waals surface area contributed by atoms with Crippen molar-refractivity contribution in [3.8, 4) is 5.75 Å². The minimum absolute atomic E-state index is 0. The van der Waals surface area contributed by atoms with E-state index in [1.54, 1.807) is 18.9 Å². The Balaban J connectivity index is 0.00000208. The Hall–Kier alpha value is -0.910. The van der Waals surface area contributed by atoms with Crippen LogP contribution in [0.25, 0.3) is 0 Å². The van der Waals surface area contributed by atoms with Crippen molar-refractivity contribution in [3.05, 3.63) is 24.3 Å². The summed E-state index contributed by atoms with van der Waals surface area (Å²) in [5, 5.41) is 3.66. The fraction of sp³-hybridized carbons (Fsp3) is 0.611. The second-order valence-corrected chi connectivity index (χ2v) is 7.52. The zero-order valence-electron chi connectivity index (χ0n) is 14.2. The minimum atomic E-state index is 0. The number of methoxy groups -OCH3 is 1. The highest BCUT2D eigenvalue weighted by Gasteiger charge is 2.25. The molecule has 134 valence electrons. The third-order valence-electron chi connectivity index (χ3n) is 4.64. The van der Waals surface area contributed by atoms with Crippen molar-refractivity contribution in [1.82, 2.24) is 10.2 Å². The fourth-order valence-corrected chi connectivity index (χ4v) is 3.76. The van der Waals surface area contributed by atoms with Crippen LogP contribution in [0.1, 0.15) is 25.7 Å². The Morgan fingerprint density at radius 3 is 2.71 bits per heavy atom. The van der Waals surface area contributed by atoms with Crippen LogP contribution in [0.4, 0.5) is 0 Å². The molecule has 2 fully saturated rings. The van der Waals surface area contributed by atoms with Gasteiger partial charge < -0.3 is 15.0 Å². The zero-order chi connectivity index (χ0) is 16.1. The summed E-state index contributed by atoms with van der Waals surface area (Å²) in [6.07, 6.45) is 4.96. The van der Waals surface area contributed by atoms with Crippen LogP contribution in [0, 0.1) is 5.92 Å². The van der Waals surface area contributed by atoms with E-state index in [1.165, 1.54) is 19.4 Å². The Kier molecular flexibility index (Phi) is 7.72. The van der Waals surface area contributed by atoms with Crippen LogP contribution in [0.2, 0.25) is 0 Å². The molecule has 1 aliphatic carbocycles. The van der Waals surface area contributed by atoms with Crippen molar-refractivity contribution in [2.45, 2.75) is 36.6 Å². The monoisotopic (exact) mass is 370 g/mol. The van der Waals surface area contributed by atoms with Crippen molar-refractivity contribution in [3.63, 3.8) is 0 Å². The first-order chi connectivity index (χ1) is 11.2. The number of likely N-dealkylation sites (tertiary alicyclic amines) is 1. The molecule has 2 aliphatic rings. The summed E-state index contributed by atoms with van der Waals surface area (Å²) in [6, 6.07) is 8.49. The molecule has 6 heteroatoms. The van der Waals surface area contributed by atoms with Crippen LogP contribution in [-0.4, -0.2) is 49.3 Å². The van der Waals surface area contributed by atoms with Crippen LogP contribution in [0.15, 0.2) is 29.2 Å². The lowest BCUT2D eigenvalue weighted by atomic mass is 10.0. The van der Waals surface area contributed by atoms with E-state index in [2.05, 4.69) is 5.32 Å². The fourth-order valence-electron chi connectivity index (χ4n) is 2.92. The number of carbonyl (C=O) groups is 1. The molecule has 1 aliphatic heterocycles. The molecule has 24 heavy (non-hydrogen) atoms. The maximum atomic E-state index is 12.4. The Morgan fingerprint density at radius 2 is 2.04 bits per heavy atom. The van der Waals surface area contributed by atoms with Crippen molar-refractivity contribution in [2.24, 2.45) is 5.92 Å². The molecule has 1 N–H and O–H groups in total. The van der Waals surface area contributed by atoms with Gasteiger partial charge in [-0.15, -0.1) is 24.2 Å². The summed E-state index contributed by atoms with van der Waals surface area (Å²) in [6.45, 7) is 2.95. The SMILES string of the molecule is COc1cccc(SCC(=O)N2CCC(NCC3CC3)CC2)c1.Cl. The van der Waals surface area contributed by atoms with Crippen LogP contribution in [0.3, 0.4) is 0 Å². The highest BCUT2D eigenvalue weighted by Crippen LogP contribution is 2.28. The van der Waals surface area contributed by atoms with E-state index in [9.17, 15) is 4.79 Å². The summed E-state index contributed by atoms with van der Waals surface area (Å²) >= 11 is 1.59. The van der Waals surface area contributed by atoms with E-state index in [4.69, 9.17) is 4.74 Å². The maximum absolute atomic E-state index is 12.4. The Labute approximate surface area is 155 Å². The molecule has 3 rings (SSSR count). The number of benzene rings is 1. The molecule has 0 radical (unpaired) electrons. The van der Waals surface area contributed by atoms with E-state index in [0.717, 1.165) is 42.5 Å². The number of ether oxygens (including phenoxy) is 1. The smallest absolute Gasteiger partial charge is 0.232 e. The predicted molar refractivity (Wildman–Crippen MR) is 101 cm³/mol. The number of thioether (sulfide) groups is 1. The lowest BCUT2D eigenvalue weighted by molar-refractivity contribution is -0.129. The Bertz CT molecular complexity index is 532. The van der Waals surface area contributed by atoms with E-state index >= 15 is 0 Å². The van der Waals surface area contributed by atoms with Gasteiger partial charge in [-0.3, -0.25) is 4.79 Å². The number of nitrogens with one attached hydrogen (secondary N) is 1. The number of rotatable bonds is 7. The number of hydrogen-bond acceptors (Lipinski definition) is 4. The first kappa shape index (κ1) is 19.4. The molecule has 0 aromatic heterocycles. The van der Waals surface area contributed by atoms with Gasteiger partial charge >= 0.3 is 0 Å². The van der Waals surface area contributed by atoms with E-state index in [0.29, 0.717) is 11.8 Å². The normalized spacial score (nSPS) is 18.1. The van der Waals surface area contributed by atoms with Gasteiger partial charge in [0.2, 0.25) is 5.91 Å². The maximum Gasteiger partial charge on any atom is 0.232 e. The van der Waals surface area contributed by atoms with Crippen LogP contribution >= 0.6 is 24.2 Å². The number of carbonyl (C=O) groups excluding carboxylic acids is 1. The standard InChI is InChI=1S/C18H26N2O2S.ClH/c1-22-16-3-2-4-17(11-16)23-13-18(21)20-9-7-15(8-10-20)19-12-14-5-6-14;/h2-4,11,14-15,19H,5-10,12-13H2,1H3;1H. The average Bonchev–Trinajstić information content (AvgIpc) is 3.43. The van der Waals surface area contributed by atoms with Gasteiger partial charge in [0.25, 0.3) is 0 Å². The number of nitrogens with zero attached hydrogens (tertiary/aromatic N) is 1. The lowest BCUT2D eigenvalue weighted by Gasteiger charge is -2.32. The molecule has 1 aromatic rings. The highest BCUT2D eigenvalue weighted by atomic mass is 35.5. The molecule has 1 aromatic carbocycles. The molecule has 0 spiro atoms. The van der Waals surface area contributed by atoms with Crippen LogP contribution in [0.5, 0.6) is 5.75 Å². The second-order valence-electron chi connectivity index (χ2n) is 6.47. The first-order valence-electron chi connectivity index (χ1n) is 8.52. The molecule has 0 unspecified atom stereocenters. The summed E-state index contributed by atoms with van der Waals surface area (Å²) < 4.78 is 5.22. The number of amides is 1. The lowest BCUT2D eigenvalue weighted by Crippen LogP contribution is -2.45. The van der Waals surface area contributed by atoms with Crippen molar-refractivity contribution in [1.29, 1.82) is 0 Å². The van der Waals surface area contributed by atoms with Crippen molar-refractivity contribution < 1.29 is 9.53 Å². The number of hydrogen-bond donors (Lipinski definition) is 1. The number of halogens is 1. The summed E-state index contributed by atoms with van der Waals surface area (Å²) in [5.74, 6) is 2.52. The van der Waals surface area contributed by atoms with Crippen LogP contribution < -0.4 is 10.1 Å². The van der Waals surface area contributed by atoms with E-state index in [1.807, 2.05) is 29.2 Å². The predicted octanol–water partition coefficient (Wildman–Crippen LogP) is 3.20. The Morgan fingerprint density at radius 1 is 1.29 bits per heavy atom. The average molecular weight is 371 g/mol. The van der Waals surface area contributed by atoms with Gasteiger partial charge in [-0.25, -0.2) is 0 Å². The molecular formula is C18H27ClN2O2S. The molecular weight excluding hydrogens is 344 g/mol. The first-order valence-corrected chi connectivity index (χ1v) is 9.51. The van der Waals surface area contributed by atoms with Gasteiger partial charge in [-0.1, -0.05) is 6.07 Å². The van der Waals surface area contributed by atoms with E-state index in [-0.39, 0.29) is 18.3 Å². The zero-order valence-corrected chi connectivity index (χ0v) is 15.8. The van der Waals surface area contributed by atoms with Gasteiger partial charge in [0.1, 0.15) is 5.75 Å². The van der Waals surface area contributed by atoms with Gasteiger partial charge in [-0.05, 0) is 56.3 Å². The molecule has 0 bridgehead atoms. The summed E-state index contributed by atoms with van der Waals surface area (Å²) in [5.41, 5.74) is 0. The number of piperidine rings is 1. The van der Waals surface area contributed by atoms with Gasteiger partial charge in [-0.2, -0.15) is 0 Å². The topological polar surface area (TPSA) is 41.6 Å². The minimum Gasteiger partial charge on any atom is -0.497 e. The second kappa shape index (κ2) is 9.54. The van der Waals surface area contributed by atoms with Gasteiger partial charge in [0, 0.05) is 24.0 Å². The summed E-state index contributed by atoms with van der Waals surface area (Å²) in [7, 11) is 1.66. The quantitative estimate of drug-likeness (QED) is 0.748. The third-order valence-corrected chi connectivity index (χ3v) is 5.62. The van der Waals surface area contributed by atoms with Gasteiger partial charge in [0.15, 0.2) is 0 Å².